The van der Waals surface area contributed by atoms with Gasteiger partial charge in [-0.25, -0.2) is 0 Å². The highest BCUT2D eigenvalue weighted by Gasteiger charge is 2.49. The van der Waals surface area contributed by atoms with E-state index in [0.29, 0.717) is 0 Å². The van der Waals surface area contributed by atoms with E-state index in [4.69, 9.17) is 5.73 Å². The Labute approximate surface area is 166 Å². The van der Waals surface area contributed by atoms with E-state index >= 15 is 0 Å². The van der Waals surface area contributed by atoms with Gasteiger partial charge in [0.15, 0.2) is 0 Å². The molecule has 5 rings (SSSR count). The summed E-state index contributed by atoms with van der Waals surface area (Å²) in [5.41, 5.74) is 13.9. The van der Waals surface area contributed by atoms with Crippen LogP contribution in [0.1, 0.15) is 18.1 Å². The summed E-state index contributed by atoms with van der Waals surface area (Å²) in [6.45, 7) is 2.31. The van der Waals surface area contributed by atoms with Crippen LogP contribution in [0.3, 0.4) is 0 Å². The number of para-hydroxylation sites is 2. The Morgan fingerprint density at radius 3 is 2.21 bits per heavy atom. The third-order valence-corrected chi connectivity index (χ3v) is 6.18. The summed E-state index contributed by atoms with van der Waals surface area (Å²) in [5.74, 6) is 0. The molecule has 0 radical (unpaired) electrons. The molecule has 0 saturated heterocycles. The first-order valence-corrected chi connectivity index (χ1v) is 9.84. The van der Waals surface area contributed by atoms with Gasteiger partial charge in [0.05, 0.1) is 6.04 Å². The molecular formula is C26H24N2. The number of nitrogens with zero attached hydrogens (tertiary/aromatic N) is 1. The first kappa shape index (κ1) is 16.9. The van der Waals surface area contributed by atoms with E-state index in [0.717, 1.165) is 12.1 Å². The zero-order valence-electron chi connectivity index (χ0n) is 16.0. The molecule has 3 aromatic rings. The van der Waals surface area contributed by atoms with Crippen LogP contribution in [0.25, 0.3) is 5.57 Å². The number of allylic oxidation sites excluding steroid dienone is 2. The first-order chi connectivity index (χ1) is 13.7. The van der Waals surface area contributed by atoms with Crippen molar-refractivity contribution in [2.24, 2.45) is 11.1 Å². The molecule has 1 aliphatic carbocycles. The standard InChI is InChI=1S/C26H24N2/c1-26(18-19-10-4-2-5-11-19)24(27)17-16-22-21-14-8-9-15-23(21)28(25(22)26)20-12-6-3-7-13-20/h2-17,25H,18,27H2,1H3. The number of nitrogens with two attached hydrogens (primary N) is 1. The van der Waals surface area contributed by atoms with Crippen molar-refractivity contribution in [2.75, 3.05) is 4.90 Å². The van der Waals surface area contributed by atoms with Gasteiger partial charge in [-0.05, 0) is 41.8 Å². The molecule has 0 saturated carbocycles. The van der Waals surface area contributed by atoms with Crippen LogP contribution < -0.4 is 10.6 Å². The van der Waals surface area contributed by atoms with Crippen LogP contribution in [-0.4, -0.2) is 6.04 Å². The third-order valence-electron chi connectivity index (χ3n) is 6.18. The van der Waals surface area contributed by atoms with E-state index in [9.17, 15) is 0 Å². The number of hydrogen-bond donors (Lipinski definition) is 1. The Morgan fingerprint density at radius 1 is 0.821 bits per heavy atom. The van der Waals surface area contributed by atoms with Gasteiger partial charge in [-0.3, -0.25) is 0 Å². The fraction of sp³-hybridized carbons (Fsp3) is 0.154. The normalized spacial score (nSPS) is 22.9. The second-order valence-corrected chi connectivity index (χ2v) is 7.95. The topological polar surface area (TPSA) is 29.3 Å². The van der Waals surface area contributed by atoms with Gasteiger partial charge in [0.1, 0.15) is 0 Å². The minimum atomic E-state index is -0.208. The predicted molar refractivity (Wildman–Crippen MR) is 117 cm³/mol. The van der Waals surface area contributed by atoms with E-state index in [1.165, 1.54) is 28.1 Å². The lowest BCUT2D eigenvalue weighted by atomic mass is 9.69. The van der Waals surface area contributed by atoms with E-state index in [2.05, 4.69) is 109 Å². The van der Waals surface area contributed by atoms with Gasteiger partial charge >= 0.3 is 0 Å². The summed E-state index contributed by atoms with van der Waals surface area (Å²) in [5, 5.41) is 0. The molecule has 0 spiro atoms. The molecule has 2 aliphatic rings. The Morgan fingerprint density at radius 2 is 1.46 bits per heavy atom. The minimum Gasteiger partial charge on any atom is -0.402 e. The number of anilines is 2. The largest absolute Gasteiger partial charge is 0.402 e. The van der Waals surface area contributed by atoms with Crippen molar-refractivity contribution in [3.63, 3.8) is 0 Å². The van der Waals surface area contributed by atoms with E-state index in [-0.39, 0.29) is 11.5 Å². The van der Waals surface area contributed by atoms with E-state index in [1.54, 1.807) is 0 Å². The van der Waals surface area contributed by atoms with Crippen LogP contribution >= 0.6 is 0 Å². The van der Waals surface area contributed by atoms with Crippen LogP contribution in [0.4, 0.5) is 11.4 Å². The Bertz CT molecular complexity index is 1070. The predicted octanol–water partition coefficient (Wildman–Crippen LogP) is 5.70. The summed E-state index contributed by atoms with van der Waals surface area (Å²) >= 11 is 0. The molecule has 1 aliphatic heterocycles. The van der Waals surface area contributed by atoms with Gasteiger partial charge in [-0.15, -0.1) is 0 Å². The molecule has 0 amide bonds. The molecule has 2 unspecified atom stereocenters. The van der Waals surface area contributed by atoms with Crippen molar-refractivity contribution in [3.8, 4) is 0 Å². The fourth-order valence-corrected chi connectivity index (χ4v) is 4.79. The molecule has 2 heteroatoms. The molecule has 0 fully saturated rings. The molecule has 0 bridgehead atoms. The Balaban J connectivity index is 1.69. The molecule has 2 nitrogen and oxygen atoms in total. The van der Waals surface area contributed by atoms with E-state index < -0.39 is 0 Å². The van der Waals surface area contributed by atoms with Gasteiger partial charge in [-0.1, -0.05) is 79.7 Å². The van der Waals surface area contributed by atoms with Crippen molar-refractivity contribution in [1.82, 2.24) is 0 Å². The second kappa shape index (κ2) is 6.42. The molecule has 1 heterocycles. The van der Waals surface area contributed by atoms with Crippen molar-refractivity contribution >= 4 is 16.9 Å². The van der Waals surface area contributed by atoms with Gasteiger partial charge in [0.25, 0.3) is 0 Å². The Kier molecular flexibility index (Phi) is 3.87. The summed E-state index contributed by atoms with van der Waals surface area (Å²) in [7, 11) is 0. The van der Waals surface area contributed by atoms with Gasteiger partial charge in [0, 0.05) is 28.1 Å². The molecule has 0 aromatic heterocycles. The van der Waals surface area contributed by atoms with Crippen LogP contribution in [0.15, 0.2) is 103 Å². The molecular weight excluding hydrogens is 340 g/mol. The Hall–Kier alpha value is -3.26. The number of rotatable bonds is 3. The van der Waals surface area contributed by atoms with Crippen molar-refractivity contribution in [1.29, 1.82) is 0 Å². The second-order valence-electron chi connectivity index (χ2n) is 7.95. The third kappa shape index (κ3) is 2.49. The number of fused-ring (bicyclic) bond motifs is 3. The molecule has 3 aromatic carbocycles. The maximum Gasteiger partial charge on any atom is 0.0709 e. The highest BCUT2D eigenvalue weighted by Crippen LogP contribution is 2.54. The monoisotopic (exact) mass is 364 g/mol. The van der Waals surface area contributed by atoms with Crippen molar-refractivity contribution in [3.05, 3.63) is 114 Å². The maximum absolute atomic E-state index is 6.68. The fourth-order valence-electron chi connectivity index (χ4n) is 4.79. The summed E-state index contributed by atoms with van der Waals surface area (Å²) in [6, 6.07) is 30.2. The first-order valence-electron chi connectivity index (χ1n) is 9.84. The molecule has 2 atom stereocenters. The van der Waals surface area contributed by atoms with Gasteiger partial charge in [-0.2, -0.15) is 0 Å². The van der Waals surface area contributed by atoms with E-state index in [1.807, 2.05) is 0 Å². The smallest absolute Gasteiger partial charge is 0.0709 e. The highest BCUT2D eigenvalue weighted by molar-refractivity contribution is 5.94. The molecule has 138 valence electrons. The highest BCUT2D eigenvalue weighted by atomic mass is 15.2. The van der Waals surface area contributed by atoms with Gasteiger partial charge in [0.2, 0.25) is 0 Å². The molecule has 2 N–H and O–H groups in total. The minimum absolute atomic E-state index is 0.164. The van der Waals surface area contributed by atoms with Gasteiger partial charge < -0.3 is 10.6 Å². The maximum atomic E-state index is 6.68. The van der Waals surface area contributed by atoms with Crippen LogP contribution in [0.5, 0.6) is 0 Å². The average Bonchev–Trinajstić information content (AvgIpc) is 3.08. The lowest BCUT2D eigenvalue weighted by molar-refractivity contribution is 0.352. The SMILES string of the molecule is CC1(Cc2ccccc2)C(N)=CC=C2c3ccccc3N(c3ccccc3)C21. The van der Waals surface area contributed by atoms with Crippen molar-refractivity contribution < 1.29 is 0 Å². The summed E-state index contributed by atoms with van der Waals surface area (Å²) < 4.78 is 0. The van der Waals surface area contributed by atoms with Crippen LogP contribution in [0, 0.1) is 5.41 Å². The summed E-state index contributed by atoms with van der Waals surface area (Å²) in [4.78, 5) is 2.48. The quantitative estimate of drug-likeness (QED) is 0.646. The van der Waals surface area contributed by atoms with Crippen LogP contribution in [0.2, 0.25) is 0 Å². The van der Waals surface area contributed by atoms with Crippen molar-refractivity contribution in [2.45, 2.75) is 19.4 Å². The average molecular weight is 364 g/mol. The van der Waals surface area contributed by atoms with Crippen LogP contribution in [-0.2, 0) is 6.42 Å². The number of hydrogen-bond acceptors (Lipinski definition) is 2. The summed E-state index contributed by atoms with van der Waals surface area (Å²) in [6.07, 6.45) is 5.23. The lowest BCUT2D eigenvalue weighted by Gasteiger charge is -2.44. The lowest BCUT2D eigenvalue weighted by Crippen LogP contribution is -2.47. The number of benzene rings is 3. The molecule has 28 heavy (non-hydrogen) atoms. The zero-order chi connectivity index (χ0) is 19.1. The zero-order valence-corrected chi connectivity index (χ0v) is 16.0.